The first kappa shape index (κ1) is 43.4. The summed E-state index contributed by atoms with van der Waals surface area (Å²) in [6.45, 7) is 10.5. The molecule has 4 aromatic rings. The maximum absolute atomic E-state index is 10.3. The highest BCUT2D eigenvalue weighted by Gasteiger charge is 2.47. The molecular weight excluding hydrogens is 767 g/mol. The molecule has 3 saturated heterocycles. The van der Waals surface area contributed by atoms with Crippen molar-refractivity contribution in [2.24, 2.45) is 28.5 Å². The normalized spacial score (nSPS) is 19.8. The number of phenolic OH excluding ortho intramolecular Hbond substituents is 1. The van der Waals surface area contributed by atoms with E-state index in [1.54, 1.807) is 24.3 Å². The third-order valence-electron chi connectivity index (χ3n) is 13.4. The number of benzene rings is 3. The molecule has 4 heterocycles. The second-order valence-electron chi connectivity index (χ2n) is 17.3. The van der Waals surface area contributed by atoms with Crippen LogP contribution in [0.4, 0.5) is 11.4 Å². The van der Waals surface area contributed by atoms with Gasteiger partial charge in [-0.25, -0.2) is 0 Å². The third kappa shape index (κ3) is 10.1. The second kappa shape index (κ2) is 19.8. The number of nitrogens with two attached hydrogens (primary N) is 3. The van der Waals surface area contributed by atoms with Gasteiger partial charge in [0.15, 0.2) is 0 Å². The number of aromatic hydroxyl groups is 1. The largest absolute Gasteiger partial charge is 0.507 e. The van der Waals surface area contributed by atoms with E-state index in [1.807, 2.05) is 13.1 Å². The Morgan fingerprint density at radius 2 is 1.67 bits per heavy atom. The van der Waals surface area contributed by atoms with Gasteiger partial charge in [0, 0.05) is 92.5 Å². The van der Waals surface area contributed by atoms with Gasteiger partial charge in [0.1, 0.15) is 24.0 Å². The number of aromatic nitrogens is 1. The summed E-state index contributed by atoms with van der Waals surface area (Å²) in [7, 11) is 2.02. The smallest absolute Gasteiger partial charge is 0.207 e. The Morgan fingerprint density at radius 3 is 2.34 bits per heavy atom. The number of nitrogens with one attached hydrogen (secondary N) is 2. The molecule has 4 aliphatic rings. The van der Waals surface area contributed by atoms with Gasteiger partial charge in [-0.2, -0.15) is 0 Å². The summed E-state index contributed by atoms with van der Waals surface area (Å²) in [5.41, 5.74) is 27.2. The number of ether oxygens (including phenoxy) is 1. The first-order chi connectivity index (χ1) is 29.6. The molecule has 8 rings (SSSR count). The van der Waals surface area contributed by atoms with Gasteiger partial charge >= 0.3 is 0 Å². The average molecular weight is 832 g/mol. The van der Waals surface area contributed by atoms with Crippen molar-refractivity contribution >= 4 is 40.7 Å². The predicted octanol–water partition coefficient (Wildman–Crippen LogP) is 5.81. The van der Waals surface area contributed by atoms with Crippen LogP contribution in [0.3, 0.4) is 0 Å². The van der Waals surface area contributed by atoms with E-state index in [2.05, 4.69) is 85.4 Å². The molecule has 13 nitrogen and oxygen atoms in total. The fourth-order valence-electron chi connectivity index (χ4n) is 10.0. The zero-order valence-corrected chi connectivity index (χ0v) is 35.9. The number of rotatable bonds is 13. The number of piperidine rings is 2. The second-order valence-corrected chi connectivity index (χ2v) is 17.3. The number of hydrogen-bond acceptors (Lipinski definition) is 11. The molecule has 1 amide bonds. The Bertz CT molecular complexity index is 2150. The highest BCUT2D eigenvalue weighted by atomic mass is 16.5. The standard InChI is InChI=1S/C44H58N8O2.C4H7NO2/c1-30-24-36-38(48-2)7-5-8-39(36)52(30)34-26-44(27-34)16-20-49(21-17-44)28-31-14-18-50(19-15-31)33-12-10-32(11-13-33)42-29-51(22-23-54-42)40(43(46)47)25-37(45)35-6-3-4-9-41(35)53;6-3-1-2-5-4-7/h3-13,24-25,31,34,42,48,53H,14-23,26-29,45-47H2,1-2H3;3-4H,1-2H2,(H,5,7)/b37-25-;. The van der Waals surface area contributed by atoms with Gasteiger partial charge < -0.3 is 61.7 Å². The minimum absolute atomic E-state index is 0.115. The third-order valence-corrected chi connectivity index (χ3v) is 13.4. The number of likely N-dealkylation sites (tertiary alicyclic amines) is 1. The molecule has 4 fully saturated rings. The lowest BCUT2D eigenvalue weighted by Gasteiger charge is -2.53. The molecular formula is C48H65N9O4. The number of amides is 1. The molecule has 1 saturated carbocycles. The van der Waals surface area contributed by atoms with E-state index >= 15 is 0 Å². The molecule has 9 N–H and O–H groups in total. The van der Waals surface area contributed by atoms with E-state index < -0.39 is 0 Å². The Morgan fingerprint density at radius 1 is 0.934 bits per heavy atom. The van der Waals surface area contributed by atoms with E-state index in [0.29, 0.717) is 67.5 Å². The minimum Gasteiger partial charge on any atom is -0.507 e. The highest BCUT2D eigenvalue weighted by molar-refractivity contribution is 5.93. The zero-order chi connectivity index (χ0) is 42.9. The highest BCUT2D eigenvalue weighted by Crippen LogP contribution is 2.56. The Labute approximate surface area is 360 Å². The number of carbonyl (C=O) groups is 2. The van der Waals surface area contributed by atoms with Gasteiger partial charge in [0.2, 0.25) is 6.41 Å². The van der Waals surface area contributed by atoms with Crippen LogP contribution in [0.5, 0.6) is 5.75 Å². The Kier molecular flexibility index (Phi) is 14.1. The molecule has 3 aromatic carbocycles. The number of nitrogens with zero attached hydrogens (tertiary/aromatic N) is 4. The summed E-state index contributed by atoms with van der Waals surface area (Å²) >= 11 is 0. The van der Waals surface area contributed by atoms with Crippen LogP contribution in [-0.2, 0) is 14.3 Å². The van der Waals surface area contributed by atoms with E-state index in [9.17, 15) is 14.7 Å². The number of hydrogen-bond donors (Lipinski definition) is 6. The van der Waals surface area contributed by atoms with Gasteiger partial charge in [0.05, 0.1) is 17.8 Å². The SMILES string of the molecule is CNc1cccc2c1cc(C)n2C1CC2(CCN(CC3CCN(c4ccc(C5CN(C(/C=C(\N)c6ccccc6O)=C(N)N)CCO5)cc4)CC3)CC2)C1.O=CCCNC=O. The molecule has 1 aliphatic carbocycles. The lowest BCUT2D eigenvalue weighted by molar-refractivity contribution is -0.110. The van der Waals surface area contributed by atoms with Crippen molar-refractivity contribution < 1.29 is 19.4 Å². The Hall–Kier alpha value is -5.66. The summed E-state index contributed by atoms with van der Waals surface area (Å²) in [6, 6.07) is 25.5. The van der Waals surface area contributed by atoms with Gasteiger partial charge in [-0.3, -0.25) is 4.79 Å². The van der Waals surface area contributed by atoms with Crippen molar-refractivity contribution in [3.05, 3.63) is 107 Å². The molecule has 1 atom stereocenters. The van der Waals surface area contributed by atoms with Gasteiger partial charge in [-0.15, -0.1) is 0 Å². The van der Waals surface area contributed by atoms with Crippen molar-refractivity contribution in [3.8, 4) is 5.75 Å². The zero-order valence-electron chi connectivity index (χ0n) is 35.9. The number of anilines is 2. The van der Waals surface area contributed by atoms with Crippen molar-refractivity contribution in [2.45, 2.75) is 64.0 Å². The summed E-state index contributed by atoms with van der Waals surface area (Å²) in [5, 5.41) is 17.3. The molecule has 61 heavy (non-hydrogen) atoms. The summed E-state index contributed by atoms with van der Waals surface area (Å²) < 4.78 is 8.84. The molecule has 13 heteroatoms. The van der Waals surface area contributed by atoms with Crippen molar-refractivity contribution in [1.82, 2.24) is 19.7 Å². The average Bonchev–Trinajstić information content (AvgIpc) is 3.61. The number of aldehydes is 1. The first-order valence-corrected chi connectivity index (χ1v) is 22.0. The molecule has 326 valence electrons. The number of fused-ring (bicyclic) bond motifs is 1. The van der Waals surface area contributed by atoms with E-state index in [4.69, 9.17) is 21.9 Å². The fourth-order valence-corrected chi connectivity index (χ4v) is 10.0. The number of allylic oxidation sites excluding steroid dienone is 1. The quantitative estimate of drug-likeness (QED) is 0.0544. The van der Waals surface area contributed by atoms with Crippen LogP contribution in [-0.4, -0.2) is 98.2 Å². The maximum Gasteiger partial charge on any atom is 0.207 e. The molecule has 0 radical (unpaired) electrons. The van der Waals surface area contributed by atoms with Gasteiger partial charge in [-0.05, 0) is 124 Å². The topological polar surface area (TPSA) is 180 Å². The monoisotopic (exact) mass is 832 g/mol. The molecule has 1 spiro atoms. The summed E-state index contributed by atoms with van der Waals surface area (Å²) in [5.74, 6) is 1.07. The van der Waals surface area contributed by atoms with Crippen LogP contribution >= 0.6 is 0 Å². The van der Waals surface area contributed by atoms with Crippen molar-refractivity contribution in [2.75, 3.05) is 76.2 Å². The van der Waals surface area contributed by atoms with Crippen LogP contribution in [0.15, 0.2) is 90.4 Å². The lowest BCUT2D eigenvalue weighted by atomic mass is 9.60. The number of carbonyl (C=O) groups excluding carboxylic acids is 2. The molecule has 1 aromatic heterocycles. The summed E-state index contributed by atoms with van der Waals surface area (Å²) in [6.07, 6.45) is 11.2. The molecule has 0 bridgehead atoms. The number of phenols is 1. The fraction of sp³-hybridized carbons (Fsp3) is 0.458. The lowest BCUT2D eigenvalue weighted by Crippen LogP contribution is -2.49. The first-order valence-electron chi connectivity index (χ1n) is 22.0. The maximum atomic E-state index is 10.3. The van der Waals surface area contributed by atoms with Crippen LogP contribution in [0.2, 0.25) is 0 Å². The van der Waals surface area contributed by atoms with E-state index in [1.165, 1.54) is 86.1 Å². The Balaban J connectivity index is 0.000000739. The predicted molar refractivity (Wildman–Crippen MR) is 245 cm³/mol. The number of morpholine rings is 1. The molecule has 1 unspecified atom stereocenters. The van der Waals surface area contributed by atoms with Crippen LogP contribution in [0.1, 0.15) is 73.9 Å². The van der Waals surface area contributed by atoms with Crippen molar-refractivity contribution in [3.63, 3.8) is 0 Å². The van der Waals surface area contributed by atoms with E-state index in [0.717, 1.165) is 30.9 Å². The van der Waals surface area contributed by atoms with Gasteiger partial charge in [0.25, 0.3) is 0 Å². The molecule has 3 aliphatic heterocycles. The van der Waals surface area contributed by atoms with Crippen LogP contribution in [0, 0.1) is 18.3 Å². The summed E-state index contributed by atoms with van der Waals surface area (Å²) in [4.78, 5) is 26.4. The van der Waals surface area contributed by atoms with E-state index in [-0.39, 0.29) is 17.7 Å². The van der Waals surface area contributed by atoms with Crippen molar-refractivity contribution in [1.29, 1.82) is 0 Å². The van der Waals surface area contributed by atoms with Crippen LogP contribution in [0.25, 0.3) is 16.6 Å². The number of aryl methyl sites for hydroxylation is 1. The van der Waals surface area contributed by atoms with Gasteiger partial charge in [-0.1, -0.05) is 30.3 Å². The minimum atomic E-state index is -0.119. The van der Waals surface area contributed by atoms with Crippen LogP contribution < -0.4 is 32.7 Å². The number of para-hydroxylation sites is 1.